The highest BCUT2D eigenvalue weighted by Gasteiger charge is 2.08. The standard InChI is InChI=1S/C23H27N3O2S/c1-16-6-10-18(11-7-16)21(27)5-3-2-4-17-8-12-19(13-9-17)25-22(28)14-20-15-29-23(24)26-20/h6-13,15,21,27H,2-5,14H2,1H3,(H2,24,26)(H,25,28)/t21-/m0/s1/i4D2,5D2,6D,7D,8D,9D,10D,11D,12D,13D,14D2. The molecular weight excluding hydrogens is 382 g/mol. The van der Waals surface area contributed by atoms with E-state index in [1.807, 2.05) is 5.32 Å². The lowest BCUT2D eigenvalue weighted by Crippen LogP contribution is -2.14. The van der Waals surface area contributed by atoms with Crippen molar-refractivity contribution >= 4 is 28.1 Å². The second kappa shape index (κ2) is 10.2. The summed E-state index contributed by atoms with van der Waals surface area (Å²) >= 11 is 0.874. The summed E-state index contributed by atoms with van der Waals surface area (Å²) in [6, 6.07) is -5.88. The topological polar surface area (TPSA) is 88.2 Å². The van der Waals surface area contributed by atoms with Gasteiger partial charge in [-0.25, -0.2) is 4.98 Å². The van der Waals surface area contributed by atoms with Gasteiger partial charge >= 0.3 is 0 Å². The molecule has 0 fully saturated rings. The molecule has 0 bridgehead atoms. The van der Waals surface area contributed by atoms with Crippen molar-refractivity contribution in [2.24, 2.45) is 0 Å². The Labute approximate surface area is 195 Å². The van der Waals surface area contributed by atoms with Gasteiger partial charge in [-0.1, -0.05) is 48.2 Å². The fourth-order valence-corrected chi connectivity index (χ4v) is 2.58. The molecule has 3 aromatic rings. The van der Waals surface area contributed by atoms with E-state index in [1.165, 1.54) is 12.3 Å². The maximum atomic E-state index is 12.7. The molecule has 1 amide bonds. The predicted molar refractivity (Wildman–Crippen MR) is 119 cm³/mol. The lowest BCUT2D eigenvalue weighted by molar-refractivity contribution is -0.115. The number of carbonyl (C=O) groups is 1. The summed E-state index contributed by atoms with van der Waals surface area (Å²) < 4.78 is 115. The minimum Gasteiger partial charge on any atom is -0.388 e. The SMILES string of the molecule is [2H]c1c([2H])c([C@@H](O)C([2H])([2H])CCC([2H])([2H])c2c([2H])c([2H])c(NC(=O)C([2H])([2H])c3csc(N)n3)c([2H])c2[2H])c([2H])c([2H])c1C. The number of hydrogen-bond donors (Lipinski definition) is 3. The fraction of sp³-hybridized carbons (Fsp3) is 0.304. The molecule has 0 saturated carbocycles. The predicted octanol–water partition coefficient (Wildman–Crippen LogP) is 4.66. The van der Waals surface area contributed by atoms with E-state index in [2.05, 4.69) is 4.98 Å². The number of nitrogens with two attached hydrogens (primary N) is 1. The van der Waals surface area contributed by atoms with Crippen LogP contribution in [0.25, 0.3) is 0 Å². The van der Waals surface area contributed by atoms with E-state index in [0.717, 1.165) is 11.3 Å². The van der Waals surface area contributed by atoms with Crippen LogP contribution in [0, 0.1) is 6.92 Å². The third-order valence-corrected chi connectivity index (χ3v) is 4.11. The second-order valence-corrected chi connectivity index (χ2v) is 6.61. The molecular formula is C23H27N3O2S. The Morgan fingerprint density at radius 1 is 1.24 bits per heavy atom. The number of amides is 1. The van der Waals surface area contributed by atoms with Crippen LogP contribution in [0.4, 0.5) is 10.8 Å². The highest BCUT2D eigenvalue weighted by atomic mass is 32.1. The summed E-state index contributed by atoms with van der Waals surface area (Å²) in [4.78, 5) is 16.4. The normalized spacial score (nSPS) is 20.3. The molecule has 0 aliphatic rings. The number of rotatable bonds is 9. The number of nitrogens with one attached hydrogen (secondary N) is 1. The highest BCUT2D eigenvalue weighted by molar-refractivity contribution is 7.13. The van der Waals surface area contributed by atoms with E-state index in [4.69, 9.17) is 24.9 Å². The molecule has 0 aliphatic heterocycles. The van der Waals surface area contributed by atoms with Gasteiger partial charge < -0.3 is 16.2 Å². The molecule has 0 radical (unpaired) electrons. The first-order valence-corrected chi connectivity index (χ1v) is 9.34. The summed E-state index contributed by atoms with van der Waals surface area (Å²) in [5.74, 6) is -1.37. The summed E-state index contributed by atoms with van der Waals surface area (Å²) in [6.45, 7) is 1.34. The Balaban J connectivity index is 1.93. The van der Waals surface area contributed by atoms with Crippen molar-refractivity contribution in [1.82, 2.24) is 4.98 Å². The highest BCUT2D eigenvalue weighted by Crippen LogP contribution is 2.21. The third-order valence-electron chi connectivity index (χ3n) is 3.43. The van der Waals surface area contributed by atoms with E-state index in [1.54, 1.807) is 0 Å². The number of anilines is 2. The van der Waals surface area contributed by atoms with Crippen LogP contribution in [0.5, 0.6) is 0 Å². The second-order valence-electron chi connectivity index (χ2n) is 5.72. The van der Waals surface area contributed by atoms with Gasteiger partial charge in [-0.05, 0) is 49.3 Å². The largest absolute Gasteiger partial charge is 0.388 e. The van der Waals surface area contributed by atoms with Crippen molar-refractivity contribution in [2.75, 3.05) is 11.1 Å². The molecule has 2 aromatic carbocycles. The van der Waals surface area contributed by atoms with Crippen LogP contribution in [0.2, 0.25) is 0 Å². The molecule has 6 heteroatoms. The summed E-state index contributed by atoms with van der Waals surface area (Å²) in [5, 5.41) is 14.0. The first-order chi connectivity index (χ1) is 19.6. The Kier molecular flexibility index (Phi) is 3.30. The first-order valence-electron chi connectivity index (χ1n) is 15.5. The monoisotopic (exact) mass is 423 g/mol. The van der Waals surface area contributed by atoms with Gasteiger partial charge in [0.2, 0.25) is 5.91 Å². The number of nitrogen functional groups attached to an aromatic ring is 1. The lowest BCUT2D eigenvalue weighted by atomic mass is 10.0. The molecule has 0 saturated heterocycles. The van der Waals surface area contributed by atoms with Gasteiger partial charge in [0, 0.05) is 19.3 Å². The molecule has 4 N–H and O–H groups in total. The molecule has 0 aliphatic carbocycles. The Hall–Kier alpha value is -2.70. The van der Waals surface area contributed by atoms with Crippen molar-refractivity contribution in [1.29, 1.82) is 0 Å². The average molecular weight is 424 g/mol. The van der Waals surface area contributed by atoms with Crippen LogP contribution in [-0.4, -0.2) is 16.0 Å². The van der Waals surface area contributed by atoms with Crippen molar-refractivity contribution in [3.63, 3.8) is 0 Å². The molecule has 1 atom stereocenters. The van der Waals surface area contributed by atoms with Crippen LogP contribution in [-0.2, 0) is 17.5 Å². The average Bonchev–Trinajstić information content (AvgIpc) is 3.38. The summed E-state index contributed by atoms with van der Waals surface area (Å²) in [6.07, 6.45) is -12.0. The number of thiazole rings is 1. The molecule has 0 unspecified atom stereocenters. The fourth-order valence-electron chi connectivity index (χ4n) is 2.09. The van der Waals surface area contributed by atoms with Gasteiger partial charge in [0.1, 0.15) is 0 Å². The first kappa shape index (κ1) is 9.41. The van der Waals surface area contributed by atoms with Crippen LogP contribution in [0.15, 0.2) is 53.7 Å². The van der Waals surface area contributed by atoms with Crippen LogP contribution >= 0.6 is 11.3 Å². The number of hydrogen-bond acceptors (Lipinski definition) is 5. The number of aliphatic hydroxyl groups is 1. The van der Waals surface area contributed by atoms with Crippen molar-refractivity contribution in [3.05, 3.63) is 76.1 Å². The molecule has 5 nitrogen and oxygen atoms in total. The van der Waals surface area contributed by atoms with Gasteiger partial charge in [0.25, 0.3) is 0 Å². The summed E-state index contributed by atoms with van der Waals surface area (Å²) in [7, 11) is 0. The molecule has 3 rings (SSSR count). The van der Waals surface area contributed by atoms with E-state index in [9.17, 15) is 9.90 Å². The van der Waals surface area contributed by atoms with Gasteiger partial charge in [-0.2, -0.15) is 0 Å². The quantitative estimate of drug-likeness (QED) is 0.467. The summed E-state index contributed by atoms with van der Waals surface area (Å²) in [5.41, 5.74) is 3.04. The zero-order chi connectivity index (χ0) is 33.0. The number of aromatic nitrogens is 1. The zero-order valence-corrected chi connectivity index (χ0v) is 16.2. The van der Waals surface area contributed by atoms with Crippen molar-refractivity contribution in [2.45, 2.75) is 45.0 Å². The van der Waals surface area contributed by atoms with Crippen LogP contribution in [0.1, 0.15) is 66.9 Å². The minimum absolute atomic E-state index is 0.00482. The number of benzene rings is 2. The number of carbonyl (C=O) groups excluding carboxylic acids is 1. The minimum atomic E-state index is -2.77. The molecule has 1 aromatic heterocycles. The smallest absolute Gasteiger partial charge is 0.230 e. The number of nitrogens with zero attached hydrogens (tertiary/aromatic N) is 1. The van der Waals surface area contributed by atoms with Crippen LogP contribution in [0.3, 0.4) is 0 Å². The Bertz CT molecular complexity index is 1540. The maximum Gasteiger partial charge on any atom is 0.230 e. The maximum absolute atomic E-state index is 12.7. The van der Waals surface area contributed by atoms with Gasteiger partial charge in [0.05, 0.1) is 29.1 Å². The molecule has 152 valence electrons. The van der Waals surface area contributed by atoms with Gasteiger partial charge in [-0.15, -0.1) is 11.3 Å². The van der Waals surface area contributed by atoms with E-state index < -0.39 is 109 Å². The van der Waals surface area contributed by atoms with Crippen molar-refractivity contribution in [3.8, 4) is 0 Å². The molecule has 1 heterocycles. The third kappa shape index (κ3) is 6.69. The molecule has 0 spiro atoms. The van der Waals surface area contributed by atoms with Gasteiger partial charge in [-0.3, -0.25) is 4.79 Å². The molecule has 29 heavy (non-hydrogen) atoms. The Morgan fingerprint density at radius 3 is 2.62 bits per heavy atom. The van der Waals surface area contributed by atoms with Gasteiger partial charge in [0.15, 0.2) is 5.13 Å². The van der Waals surface area contributed by atoms with E-state index >= 15 is 0 Å². The van der Waals surface area contributed by atoms with Crippen molar-refractivity contribution < 1.29 is 29.1 Å². The lowest BCUT2D eigenvalue weighted by Gasteiger charge is -2.11. The van der Waals surface area contributed by atoms with E-state index in [-0.39, 0.29) is 16.4 Å². The zero-order valence-electron chi connectivity index (χ0n) is 29.4. The Morgan fingerprint density at radius 2 is 1.97 bits per heavy atom. The number of aliphatic hydroxyl groups excluding tert-OH is 1. The van der Waals surface area contributed by atoms with Crippen LogP contribution < -0.4 is 11.1 Å². The van der Waals surface area contributed by atoms with E-state index in [0.29, 0.717) is 0 Å².